The molecule has 0 saturated carbocycles. The molecule has 16 heavy (non-hydrogen) atoms. The van der Waals surface area contributed by atoms with Crippen molar-refractivity contribution in [2.75, 3.05) is 0 Å². The highest BCUT2D eigenvalue weighted by Gasteiger charge is 2.14. The molecule has 0 amide bonds. The molecule has 0 fully saturated rings. The van der Waals surface area contributed by atoms with Gasteiger partial charge in [0.25, 0.3) is 0 Å². The van der Waals surface area contributed by atoms with E-state index in [-0.39, 0.29) is 5.56 Å². The number of carbonyl (C=O) groups is 1. The van der Waals surface area contributed by atoms with Crippen LogP contribution in [0.25, 0.3) is 0 Å². The third-order valence-corrected chi connectivity index (χ3v) is 2.82. The topological polar surface area (TPSA) is 93.8 Å². The van der Waals surface area contributed by atoms with Crippen LogP contribution in [0, 0.1) is 0 Å². The van der Waals surface area contributed by atoms with Gasteiger partial charge in [-0.25, -0.2) is 14.5 Å². The molecule has 2 aromatic heterocycles. The second kappa shape index (κ2) is 4.27. The molecule has 0 spiro atoms. The third kappa shape index (κ3) is 2.01. The molecule has 0 atom stereocenters. The summed E-state index contributed by atoms with van der Waals surface area (Å²) < 4.78 is 1.45. The Kier molecular flexibility index (Phi) is 2.82. The van der Waals surface area contributed by atoms with E-state index >= 15 is 0 Å². The van der Waals surface area contributed by atoms with E-state index in [4.69, 9.17) is 5.11 Å². The molecular formula is C8H7N5O2S. The molecule has 7 nitrogen and oxygen atoms in total. The fourth-order valence-electron chi connectivity index (χ4n) is 1.03. The average Bonchev–Trinajstić information content (AvgIpc) is 2.65. The lowest BCUT2D eigenvalue weighted by Crippen LogP contribution is -2.01. The number of aryl methyl sites for hydroxylation is 1. The Morgan fingerprint density at radius 2 is 2.38 bits per heavy atom. The zero-order chi connectivity index (χ0) is 11.5. The van der Waals surface area contributed by atoms with Crippen LogP contribution in [0.15, 0.2) is 28.5 Å². The van der Waals surface area contributed by atoms with E-state index in [0.29, 0.717) is 10.2 Å². The Bertz CT molecular complexity index is 527. The first kappa shape index (κ1) is 10.6. The number of carboxylic acids is 1. The van der Waals surface area contributed by atoms with E-state index in [0.717, 1.165) is 11.8 Å². The standard InChI is InChI=1S/C8H7N5O2S/c1-13-8(10-11-12-13)16-6-5(7(14)15)3-2-4-9-6/h2-4H,1H3,(H,14,15). The van der Waals surface area contributed by atoms with Gasteiger partial charge in [0.1, 0.15) is 5.03 Å². The van der Waals surface area contributed by atoms with E-state index in [9.17, 15) is 4.79 Å². The van der Waals surface area contributed by atoms with Gasteiger partial charge in [0.2, 0.25) is 5.16 Å². The number of pyridine rings is 1. The molecule has 0 aliphatic heterocycles. The van der Waals surface area contributed by atoms with Crippen molar-refractivity contribution in [3.05, 3.63) is 23.9 Å². The highest BCUT2D eigenvalue weighted by Crippen LogP contribution is 2.25. The zero-order valence-electron chi connectivity index (χ0n) is 8.23. The van der Waals surface area contributed by atoms with Crippen LogP contribution in [0.5, 0.6) is 0 Å². The van der Waals surface area contributed by atoms with E-state index in [1.54, 1.807) is 13.1 Å². The summed E-state index contributed by atoms with van der Waals surface area (Å²) in [6.45, 7) is 0. The number of tetrazole rings is 1. The number of hydrogen-bond acceptors (Lipinski definition) is 6. The summed E-state index contributed by atoms with van der Waals surface area (Å²) in [6.07, 6.45) is 1.53. The van der Waals surface area contributed by atoms with Gasteiger partial charge in [0.05, 0.1) is 5.56 Å². The highest BCUT2D eigenvalue weighted by atomic mass is 32.2. The number of nitrogens with zero attached hydrogens (tertiary/aromatic N) is 5. The maximum Gasteiger partial charge on any atom is 0.338 e. The smallest absolute Gasteiger partial charge is 0.338 e. The summed E-state index contributed by atoms with van der Waals surface area (Å²) in [5.74, 6) is -1.02. The number of hydrogen-bond donors (Lipinski definition) is 1. The van der Waals surface area contributed by atoms with E-state index in [1.165, 1.54) is 16.9 Å². The zero-order valence-corrected chi connectivity index (χ0v) is 9.05. The summed E-state index contributed by atoms with van der Waals surface area (Å²) in [4.78, 5) is 14.9. The predicted molar refractivity (Wildman–Crippen MR) is 54.1 cm³/mol. The van der Waals surface area contributed by atoms with Crippen molar-refractivity contribution in [2.24, 2.45) is 7.05 Å². The van der Waals surface area contributed by atoms with Gasteiger partial charge < -0.3 is 5.11 Å². The molecule has 8 heteroatoms. The minimum Gasteiger partial charge on any atom is -0.478 e. The van der Waals surface area contributed by atoms with Crippen LogP contribution >= 0.6 is 11.8 Å². The van der Waals surface area contributed by atoms with E-state index in [2.05, 4.69) is 20.5 Å². The van der Waals surface area contributed by atoms with E-state index in [1.807, 2.05) is 0 Å². The Hall–Kier alpha value is -1.96. The molecule has 2 heterocycles. The second-order valence-electron chi connectivity index (χ2n) is 2.85. The van der Waals surface area contributed by atoms with Crippen LogP contribution in [0.3, 0.4) is 0 Å². The molecule has 2 aromatic rings. The van der Waals surface area contributed by atoms with E-state index < -0.39 is 5.97 Å². The van der Waals surface area contributed by atoms with Crippen molar-refractivity contribution in [2.45, 2.75) is 10.2 Å². The molecule has 0 aromatic carbocycles. The van der Waals surface area contributed by atoms with Gasteiger partial charge in [-0.3, -0.25) is 0 Å². The fraction of sp³-hybridized carbons (Fsp3) is 0.125. The molecule has 0 saturated heterocycles. The SMILES string of the molecule is Cn1nnnc1Sc1ncccc1C(=O)O. The maximum atomic E-state index is 10.9. The fourth-order valence-corrected chi connectivity index (χ4v) is 1.83. The average molecular weight is 237 g/mol. The molecule has 0 unspecified atom stereocenters. The first-order chi connectivity index (χ1) is 7.68. The quantitative estimate of drug-likeness (QED) is 0.828. The molecule has 0 radical (unpaired) electrons. The van der Waals surface area contributed by atoms with Crippen molar-refractivity contribution < 1.29 is 9.90 Å². The Labute approximate surface area is 94.5 Å². The number of rotatable bonds is 3. The van der Waals surface area contributed by atoms with Crippen LogP contribution in [-0.2, 0) is 7.05 Å². The van der Waals surface area contributed by atoms with Gasteiger partial charge in [0, 0.05) is 13.2 Å². The van der Waals surface area contributed by atoms with Crippen LogP contribution < -0.4 is 0 Å². The summed E-state index contributed by atoms with van der Waals surface area (Å²) >= 11 is 1.11. The van der Waals surface area contributed by atoms with Gasteiger partial charge in [-0.2, -0.15) is 0 Å². The van der Waals surface area contributed by atoms with Crippen LogP contribution in [0.2, 0.25) is 0 Å². The first-order valence-electron chi connectivity index (χ1n) is 4.27. The highest BCUT2D eigenvalue weighted by molar-refractivity contribution is 7.99. The van der Waals surface area contributed by atoms with Crippen LogP contribution in [0.4, 0.5) is 0 Å². The minimum atomic E-state index is -1.02. The minimum absolute atomic E-state index is 0.135. The Morgan fingerprint density at radius 3 is 3.00 bits per heavy atom. The molecule has 0 bridgehead atoms. The molecule has 82 valence electrons. The normalized spacial score (nSPS) is 10.3. The van der Waals surface area contributed by atoms with Crippen LogP contribution in [-0.4, -0.2) is 36.3 Å². The summed E-state index contributed by atoms with van der Waals surface area (Å²) in [7, 11) is 1.67. The molecule has 0 aliphatic rings. The summed E-state index contributed by atoms with van der Waals surface area (Å²) in [6, 6.07) is 3.06. The van der Waals surface area contributed by atoms with Crippen molar-refractivity contribution in [1.82, 2.24) is 25.2 Å². The van der Waals surface area contributed by atoms with Crippen molar-refractivity contribution in [1.29, 1.82) is 0 Å². The molecule has 1 N–H and O–H groups in total. The summed E-state index contributed by atoms with van der Waals surface area (Å²) in [5, 5.41) is 20.7. The monoisotopic (exact) mass is 237 g/mol. The summed E-state index contributed by atoms with van der Waals surface area (Å²) in [5.41, 5.74) is 0.135. The first-order valence-corrected chi connectivity index (χ1v) is 5.08. The largest absolute Gasteiger partial charge is 0.478 e. The van der Waals surface area contributed by atoms with Gasteiger partial charge in [0.15, 0.2) is 0 Å². The third-order valence-electron chi connectivity index (χ3n) is 1.77. The van der Waals surface area contributed by atoms with Gasteiger partial charge in [-0.1, -0.05) is 0 Å². The van der Waals surface area contributed by atoms with Crippen molar-refractivity contribution in [3.63, 3.8) is 0 Å². The van der Waals surface area contributed by atoms with Gasteiger partial charge in [-0.15, -0.1) is 5.10 Å². The number of carboxylic acid groups (broad SMARTS) is 1. The lowest BCUT2D eigenvalue weighted by atomic mass is 10.3. The Balaban J connectivity index is 2.35. The second-order valence-corrected chi connectivity index (χ2v) is 3.80. The molecule has 0 aliphatic carbocycles. The van der Waals surface area contributed by atoms with Gasteiger partial charge >= 0.3 is 5.97 Å². The molecular weight excluding hydrogens is 230 g/mol. The van der Waals surface area contributed by atoms with Crippen molar-refractivity contribution >= 4 is 17.7 Å². The number of aromatic carboxylic acids is 1. The predicted octanol–water partition coefficient (Wildman–Crippen LogP) is 0.454. The molecule has 2 rings (SSSR count). The maximum absolute atomic E-state index is 10.9. The lowest BCUT2D eigenvalue weighted by Gasteiger charge is -2.01. The van der Waals surface area contributed by atoms with Gasteiger partial charge in [-0.05, 0) is 34.3 Å². The Morgan fingerprint density at radius 1 is 1.56 bits per heavy atom. The van der Waals surface area contributed by atoms with Crippen molar-refractivity contribution in [3.8, 4) is 0 Å². The van der Waals surface area contributed by atoms with Crippen LogP contribution in [0.1, 0.15) is 10.4 Å². The number of aromatic nitrogens is 5. The lowest BCUT2D eigenvalue weighted by molar-refractivity contribution is 0.0692.